The van der Waals surface area contributed by atoms with Gasteiger partial charge in [-0.25, -0.2) is 5.43 Å². The van der Waals surface area contributed by atoms with Crippen LogP contribution in [0, 0.1) is 3.57 Å². The Labute approximate surface area is 84.7 Å². The van der Waals surface area contributed by atoms with Crippen LogP contribution in [0.3, 0.4) is 0 Å². The van der Waals surface area contributed by atoms with E-state index in [1.165, 1.54) is 0 Å². The van der Waals surface area contributed by atoms with Gasteiger partial charge in [-0.2, -0.15) is 0 Å². The van der Waals surface area contributed by atoms with Crippen molar-refractivity contribution in [1.29, 1.82) is 0 Å². The van der Waals surface area contributed by atoms with Crippen molar-refractivity contribution in [2.45, 2.75) is 0 Å². The van der Waals surface area contributed by atoms with Gasteiger partial charge in [-0.15, -0.1) is 0 Å². The lowest BCUT2D eigenvalue weighted by molar-refractivity contribution is 0.0937. The predicted molar refractivity (Wildman–Crippen MR) is 55.7 cm³/mol. The van der Waals surface area contributed by atoms with Crippen molar-refractivity contribution in [3.8, 4) is 0 Å². The normalized spacial score (nSPS) is 9.50. The molecule has 4 heteroatoms. The van der Waals surface area contributed by atoms with Crippen LogP contribution in [0.4, 0.5) is 0 Å². The number of amides is 1. The zero-order valence-electron chi connectivity index (χ0n) is 6.60. The molecule has 12 heavy (non-hydrogen) atoms. The van der Waals surface area contributed by atoms with E-state index in [0.29, 0.717) is 5.56 Å². The van der Waals surface area contributed by atoms with Crippen molar-refractivity contribution in [3.63, 3.8) is 0 Å². The van der Waals surface area contributed by atoms with Crippen molar-refractivity contribution >= 4 is 28.5 Å². The molecule has 1 aromatic carbocycles. The summed E-state index contributed by atoms with van der Waals surface area (Å²) in [6, 6.07) is 7.42. The average molecular weight is 276 g/mol. The Bertz CT molecular complexity index is 288. The molecule has 0 atom stereocenters. The van der Waals surface area contributed by atoms with Crippen LogP contribution in [-0.2, 0) is 0 Å². The van der Waals surface area contributed by atoms with Gasteiger partial charge < -0.3 is 0 Å². The van der Waals surface area contributed by atoms with E-state index in [1.807, 2.05) is 18.2 Å². The van der Waals surface area contributed by atoms with E-state index < -0.39 is 0 Å². The lowest BCUT2D eigenvalue weighted by atomic mass is 10.2. The van der Waals surface area contributed by atoms with E-state index >= 15 is 0 Å². The maximum Gasteiger partial charge on any atom is 0.266 e. The van der Waals surface area contributed by atoms with Crippen molar-refractivity contribution in [1.82, 2.24) is 10.9 Å². The molecule has 64 valence electrons. The number of benzene rings is 1. The zero-order valence-corrected chi connectivity index (χ0v) is 8.75. The number of carbonyl (C=O) groups excluding carboxylic acids is 1. The summed E-state index contributed by atoms with van der Waals surface area (Å²) in [7, 11) is 1.66. The minimum absolute atomic E-state index is 0.109. The van der Waals surface area contributed by atoms with Crippen LogP contribution in [0.25, 0.3) is 0 Å². The van der Waals surface area contributed by atoms with Gasteiger partial charge in [0.1, 0.15) is 0 Å². The van der Waals surface area contributed by atoms with Crippen molar-refractivity contribution in [3.05, 3.63) is 33.4 Å². The second-order valence-electron chi connectivity index (χ2n) is 2.18. The van der Waals surface area contributed by atoms with Gasteiger partial charge in [-0.1, -0.05) is 12.1 Å². The van der Waals surface area contributed by atoms with E-state index in [1.54, 1.807) is 13.1 Å². The highest BCUT2D eigenvalue weighted by Crippen LogP contribution is 2.10. The van der Waals surface area contributed by atoms with Gasteiger partial charge in [-0.05, 0) is 34.7 Å². The summed E-state index contributed by atoms with van der Waals surface area (Å²) in [6.45, 7) is 0. The van der Waals surface area contributed by atoms with Crippen LogP contribution in [0.5, 0.6) is 0 Å². The van der Waals surface area contributed by atoms with Gasteiger partial charge in [0.15, 0.2) is 0 Å². The fourth-order valence-electron chi connectivity index (χ4n) is 0.826. The Morgan fingerprint density at radius 2 is 2.08 bits per heavy atom. The smallest absolute Gasteiger partial charge is 0.266 e. The Kier molecular flexibility index (Phi) is 3.48. The van der Waals surface area contributed by atoms with E-state index in [4.69, 9.17) is 0 Å². The quantitative estimate of drug-likeness (QED) is 0.628. The molecule has 0 spiro atoms. The van der Waals surface area contributed by atoms with Gasteiger partial charge in [-0.3, -0.25) is 10.2 Å². The Morgan fingerprint density at radius 3 is 2.67 bits per heavy atom. The largest absolute Gasteiger partial charge is 0.288 e. The first-order valence-corrected chi connectivity index (χ1v) is 4.55. The molecule has 3 nitrogen and oxygen atoms in total. The molecular formula is C8H9IN2O. The minimum atomic E-state index is -0.109. The number of rotatable bonds is 2. The second kappa shape index (κ2) is 4.42. The molecule has 1 aromatic rings. The molecule has 0 heterocycles. The number of halogens is 1. The zero-order chi connectivity index (χ0) is 8.97. The summed E-state index contributed by atoms with van der Waals surface area (Å²) < 4.78 is 0.947. The standard InChI is InChI=1S/C8H9IN2O/c1-10-11-8(12)6-4-2-3-5-7(6)9/h2-5,10H,1H3,(H,11,12). The Balaban J connectivity index is 2.87. The topological polar surface area (TPSA) is 41.1 Å². The number of hydrogen-bond donors (Lipinski definition) is 2. The molecule has 0 unspecified atom stereocenters. The first-order valence-electron chi connectivity index (χ1n) is 3.47. The Hall–Kier alpha value is -0.620. The molecule has 0 aliphatic heterocycles. The van der Waals surface area contributed by atoms with Gasteiger partial charge >= 0.3 is 0 Å². The highest BCUT2D eigenvalue weighted by Gasteiger charge is 2.06. The predicted octanol–water partition coefficient (Wildman–Crippen LogP) is 1.16. The molecule has 0 aliphatic carbocycles. The van der Waals surface area contributed by atoms with Crippen LogP contribution >= 0.6 is 22.6 Å². The van der Waals surface area contributed by atoms with Gasteiger partial charge in [0, 0.05) is 10.6 Å². The maximum absolute atomic E-state index is 11.3. The van der Waals surface area contributed by atoms with Crippen LogP contribution in [0.1, 0.15) is 10.4 Å². The van der Waals surface area contributed by atoms with Gasteiger partial charge in [0.2, 0.25) is 0 Å². The van der Waals surface area contributed by atoms with E-state index in [0.717, 1.165) is 3.57 Å². The Morgan fingerprint density at radius 1 is 1.42 bits per heavy atom. The minimum Gasteiger partial charge on any atom is -0.288 e. The van der Waals surface area contributed by atoms with Crippen LogP contribution in [0.2, 0.25) is 0 Å². The third-order valence-corrected chi connectivity index (χ3v) is 2.30. The van der Waals surface area contributed by atoms with Crippen LogP contribution in [-0.4, -0.2) is 13.0 Å². The van der Waals surface area contributed by atoms with Crippen molar-refractivity contribution in [2.24, 2.45) is 0 Å². The van der Waals surface area contributed by atoms with E-state index in [2.05, 4.69) is 33.4 Å². The number of nitrogens with one attached hydrogen (secondary N) is 2. The van der Waals surface area contributed by atoms with Crippen LogP contribution in [0.15, 0.2) is 24.3 Å². The molecular weight excluding hydrogens is 267 g/mol. The molecule has 1 amide bonds. The third kappa shape index (κ3) is 2.18. The summed E-state index contributed by atoms with van der Waals surface area (Å²) in [5, 5.41) is 0. The second-order valence-corrected chi connectivity index (χ2v) is 3.35. The number of hydrazine groups is 1. The first-order chi connectivity index (χ1) is 5.75. The molecule has 0 bridgehead atoms. The fraction of sp³-hybridized carbons (Fsp3) is 0.125. The lowest BCUT2D eigenvalue weighted by Crippen LogP contribution is -2.34. The molecule has 1 rings (SSSR count). The molecule has 0 radical (unpaired) electrons. The van der Waals surface area contributed by atoms with Crippen molar-refractivity contribution < 1.29 is 4.79 Å². The number of hydrogen-bond acceptors (Lipinski definition) is 2. The van der Waals surface area contributed by atoms with Crippen LogP contribution < -0.4 is 10.9 Å². The van der Waals surface area contributed by atoms with Gasteiger partial charge in [0.25, 0.3) is 5.91 Å². The third-order valence-electron chi connectivity index (χ3n) is 1.36. The fourth-order valence-corrected chi connectivity index (χ4v) is 1.46. The molecule has 0 saturated carbocycles. The van der Waals surface area contributed by atoms with E-state index in [9.17, 15) is 4.79 Å². The lowest BCUT2D eigenvalue weighted by Gasteiger charge is -2.03. The highest BCUT2D eigenvalue weighted by atomic mass is 127. The molecule has 0 fully saturated rings. The highest BCUT2D eigenvalue weighted by molar-refractivity contribution is 14.1. The molecule has 0 aromatic heterocycles. The summed E-state index contributed by atoms with van der Waals surface area (Å²) in [5.74, 6) is -0.109. The average Bonchev–Trinajstić information content (AvgIpc) is 2.05. The molecule has 0 saturated heterocycles. The SMILES string of the molecule is CNNC(=O)c1ccccc1I. The summed E-state index contributed by atoms with van der Waals surface area (Å²) >= 11 is 2.13. The van der Waals surface area contributed by atoms with Gasteiger partial charge in [0.05, 0.1) is 5.56 Å². The summed E-state index contributed by atoms with van der Waals surface area (Å²) in [5.41, 5.74) is 5.79. The molecule has 0 aliphatic rings. The number of carbonyl (C=O) groups is 1. The summed E-state index contributed by atoms with van der Waals surface area (Å²) in [4.78, 5) is 11.3. The summed E-state index contributed by atoms with van der Waals surface area (Å²) in [6.07, 6.45) is 0. The first kappa shape index (κ1) is 9.47. The van der Waals surface area contributed by atoms with Crippen molar-refractivity contribution in [2.75, 3.05) is 7.05 Å². The maximum atomic E-state index is 11.3. The molecule has 2 N–H and O–H groups in total. The monoisotopic (exact) mass is 276 g/mol. The van der Waals surface area contributed by atoms with E-state index in [-0.39, 0.29) is 5.91 Å².